The van der Waals surface area contributed by atoms with E-state index < -0.39 is 0 Å². The highest BCUT2D eigenvalue weighted by Crippen LogP contribution is 2.48. The first-order valence-electron chi connectivity index (χ1n) is 23.4. The van der Waals surface area contributed by atoms with Gasteiger partial charge in [-0.15, -0.1) is 0 Å². The zero-order chi connectivity index (χ0) is 45.0. The van der Waals surface area contributed by atoms with Crippen molar-refractivity contribution < 1.29 is 0 Å². The minimum atomic E-state index is 1.08. The predicted molar refractivity (Wildman–Crippen MR) is 290 cm³/mol. The van der Waals surface area contributed by atoms with Crippen molar-refractivity contribution in [1.29, 1.82) is 0 Å². The third-order valence-corrected chi connectivity index (χ3v) is 13.8. The minimum absolute atomic E-state index is 1.08. The molecule has 0 saturated heterocycles. The number of para-hydroxylation sites is 2. The molecule has 0 amide bonds. The molecule has 0 saturated carbocycles. The van der Waals surface area contributed by atoms with Gasteiger partial charge in [0, 0.05) is 33.5 Å². The quantitative estimate of drug-likeness (QED) is 0.138. The Labute approximate surface area is 395 Å². The number of benzene rings is 12. The van der Waals surface area contributed by atoms with E-state index in [0.717, 1.165) is 22.7 Å². The highest BCUT2D eigenvalue weighted by atomic mass is 15.1. The van der Waals surface area contributed by atoms with Gasteiger partial charge in [0.25, 0.3) is 0 Å². The molecule has 12 aromatic carbocycles. The zero-order valence-electron chi connectivity index (χ0n) is 37.3. The number of anilines is 3. The summed E-state index contributed by atoms with van der Waals surface area (Å²) in [7, 11) is 0. The van der Waals surface area contributed by atoms with E-state index in [2.05, 4.69) is 276 Å². The van der Waals surface area contributed by atoms with Crippen molar-refractivity contribution in [3.63, 3.8) is 0 Å². The van der Waals surface area contributed by atoms with Crippen LogP contribution in [0.2, 0.25) is 0 Å². The Kier molecular flexibility index (Phi) is 9.54. The Hall–Kier alpha value is -8.98. The van der Waals surface area contributed by atoms with Crippen LogP contribution in [0.4, 0.5) is 17.1 Å². The molecule has 0 fully saturated rings. The van der Waals surface area contributed by atoms with Crippen molar-refractivity contribution in [2.45, 2.75) is 0 Å². The third-order valence-electron chi connectivity index (χ3n) is 13.8. The summed E-state index contributed by atoms with van der Waals surface area (Å²) in [6.07, 6.45) is 0. The first kappa shape index (κ1) is 39.4. The molecule has 0 spiro atoms. The Bertz CT molecular complexity index is 3980. The summed E-state index contributed by atoms with van der Waals surface area (Å²) in [6, 6.07) is 97.5. The second-order valence-corrected chi connectivity index (χ2v) is 17.6. The lowest BCUT2D eigenvalue weighted by Gasteiger charge is -2.27. The van der Waals surface area contributed by atoms with Gasteiger partial charge in [0.1, 0.15) is 0 Å². The van der Waals surface area contributed by atoms with Crippen molar-refractivity contribution in [3.05, 3.63) is 267 Å². The van der Waals surface area contributed by atoms with Gasteiger partial charge in [0.2, 0.25) is 0 Å². The SMILES string of the molecule is c1ccc(-c2c(-c3ccccc3)c3cc(N(c4ccc(-c5cccc6ccccc56)cc4)c4ccc(-c5cccc6c5c5ccccc5n6-c5ccccc5)cc4)ccc3c3ccccc23)cc1. The topological polar surface area (TPSA) is 8.17 Å². The molecular formula is C66H44N2. The second kappa shape index (κ2) is 16.5. The lowest BCUT2D eigenvalue weighted by molar-refractivity contribution is 1.18. The number of fused-ring (bicyclic) bond motifs is 7. The van der Waals surface area contributed by atoms with E-state index in [1.165, 1.54) is 98.6 Å². The smallest absolute Gasteiger partial charge is 0.0547 e. The fourth-order valence-corrected chi connectivity index (χ4v) is 10.7. The van der Waals surface area contributed by atoms with Crippen LogP contribution in [0.5, 0.6) is 0 Å². The van der Waals surface area contributed by atoms with Crippen molar-refractivity contribution in [2.24, 2.45) is 0 Å². The highest BCUT2D eigenvalue weighted by molar-refractivity contribution is 6.22. The molecule has 1 heterocycles. The van der Waals surface area contributed by atoms with Gasteiger partial charge in [-0.1, -0.05) is 206 Å². The van der Waals surface area contributed by atoms with E-state index in [4.69, 9.17) is 0 Å². The zero-order valence-corrected chi connectivity index (χ0v) is 37.3. The molecule has 0 aliphatic heterocycles. The normalized spacial score (nSPS) is 11.5. The Morgan fingerprint density at radius 3 is 1.43 bits per heavy atom. The summed E-state index contributed by atoms with van der Waals surface area (Å²) in [5.41, 5.74) is 16.5. The molecule has 13 rings (SSSR count). The van der Waals surface area contributed by atoms with E-state index in [-0.39, 0.29) is 0 Å². The lowest BCUT2D eigenvalue weighted by atomic mass is 9.85. The van der Waals surface area contributed by atoms with Gasteiger partial charge in [-0.05, 0) is 137 Å². The fraction of sp³-hybridized carbons (Fsp3) is 0. The van der Waals surface area contributed by atoms with Gasteiger partial charge in [-0.2, -0.15) is 0 Å². The van der Waals surface area contributed by atoms with Crippen LogP contribution >= 0.6 is 0 Å². The standard InChI is InChI=1S/C66H44N2/c1-4-19-48(20-5-1)64-59-28-13-12-27-57(59)58-43-42-53(44-61(58)65(64)49-21-6-2-7-22-49)67(51-38-34-46(35-39-51)55-30-16-23-45-18-10-11-26-54(45)55)52-40-36-47(37-41-52)56-31-17-33-63-66(56)60-29-14-15-32-62(60)68(63)50-24-8-3-9-25-50/h1-44H. The van der Waals surface area contributed by atoms with Gasteiger partial charge in [-0.25, -0.2) is 0 Å². The molecule has 0 N–H and O–H groups in total. The number of nitrogens with zero attached hydrogens (tertiary/aromatic N) is 2. The first-order valence-corrected chi connectivity index (χ1v) is 23.4. The monoisotopic (exact) mass is 864 g/mol. The summed E-state index contributed by atoms with van der Waals surface area (Å²) >= 11 is 0. The Morgan fingerprint density at radius 2 is 0.735 bits per heavy atom. The van der Waals surface area contributed by atoms with Crippen LogP contribution in [0.1, 0.15) is 0 Å². The van der Waals surface area contributed by atoms with E-state index in [1.807, 2.05) is 0 Å². The van der Waals surface area contributed by atoms with Crippen molar-refractivity contribution in [2.75, 3.05) is 4.90 Å². The molecule has 0 aliphatic rings. The van der Waals surface area contributed by atoms with Crippen molar-refractivity contribution >= 4 is 71.2 Å². The maximum absolute atomic E-state index is 2.42. The average molecular weight is 865 g/mol. The van der Waals surface area contributed by atoms with E-state index in [9.17, 15) is 0 Å². The Morgan fingerprint density at radius 1 is 0.265 bits per heavy atom. The van der Waals surface area contributed by atoms with Crippen LogP contribution in [0, 0.1) is 0 Å². The maximum atomic E-state index is 2.42. The summed E-state index contributed by atoms with van der Waals surface area (Å²) in [5, 5.41) is 9.91. The minimum Gasteiger partial charge on any atom is -0.310 e. The van der Waals surface area contributed by atoms with Crippen LogP contribution in [-0.2, 0) is 0 Å². The summed E-state index contributed by atoms with van der Waals surface area (Å²) in [4.78, 5) is 2.42. The number of hydrogen-bond acceptors (Lipinski definition) is 1. The molecule has 0 aliphatic carbocycles. The average Bonchev–Trinajstić information content (AvgIpc) is 3.76. The second-order valence-electron chi connectivity index (χ2n) is 17.6. The van der Waals surface area contributed by atoms with Crippen molar-refractivity contribution in [3.8, 4) is 50.2 Å². The van der Waals surface area contributed by atoms with Gasteiger partial charge >= 0.3 is 0 Å². The number of hydrogen-bond donors (Lipinski definition) is 0. The summed E-state index contributed by atoms with van der Waals surface area (Å²) < 4.78 is 2.39. The summed E-state index contributed by atoms with van der Waals surface area (Å²) in [6.45, 7) is 0. The number of rotatable bonds is 8. The number of aromatic nitrogens is 1. The van der Waals surface area contributed by atoms with Gasteiger partial charge in [0.15, 0.2) is 0 Å². The Balaban J connectivity index is 1.02. The van der Waals surface area contributed by atoms with Crippen LogP contribution in [0.25, 0.3) is 104 Å². The van der Waals surface area contributed by atoms with E-state index in [0.29, 0.717) is 0 Å². The largest absolute Gasteiger partial charge is 0.310 e. The van der Waals surface area contributed by atoms with Gasteiger partial charge < -0.3 is 9.47 Å². The molecule has 318 valence electrons. The molecule has 2 nitrogen and oxygen atoms in total. The van der Waals surface area contributed by atoms with Crippen molar-refractivity contribution in [1.82, 2.24) is 4.57 Å². The van der Waals surface area contributed by atoms with E-state index >= 15 is 0 Å². The van der Waals surface area contributed by atoms with Gasteiger partial charge in [-0.3, -0.25) is 0 Å². The molecule has 0 bridgehead atoms. The van der Waals surface area contributed by atoms with Crippen LogP contribution in [-0.4, -0.2) is 4.57 Å². The molecule has 2 heteroatoms. The van der Waals surface area contributed by atoms with Crippen LogP contribution in [0.15, 0.2) is 267 Å². The molecule has 0 unspecified atom stereocenters. The van der Waals surface area contributed by atoms with Crippen LogP contribution < -0.4 is 4.90 Å². The first-order chi connectivity index (χ1) is 33.8. The maximum Gasteiger partial charge on any atom is 0.0547 e. The van der Waals surface area contributed by atoms with Crippen LogP contribution in [0.3, 0.4) is 0 Å². The molecule has 0 atom stereocenters. The molecule has 13 aromatic rings. The van der Waals surface area contributed by atoms with E-state index in [1.54, 1.807) is 0 Å². The molecule has 0 radical (unpaired) electrons. The molecule has 1 aromatic heterocycles. The summed E-state index contributed by atoms with van der Waals surface area (Å²) in [5.74, 6) is 0. The lowest BCUT2D eigenvalue weighted by Crippen LogP contribution is -2.10. The third kappa shape index (κ3) is 6.57. The van der Waals surface area contributed by atoms with Gasteiger partial charge in [0.05, 0.1) is 11.0 Å². The molecular weight excluding hydrogens is 821 g/mol. The predicted octanol–water partition coefficient (Wildman–Crippen LogP) is 18.4. The highest BCUT2D eigenvalue weighted by Gasteiger charge is 2.22. The fourth-order valence-electron chi connectivity index (χ4n) is 10.7. The molecule has 68 heavy (non-hydrogen) atoms.